The van der Waals surface area contributed by atoms with Crippen molar-refractivity contribution < 1.29 is 8.78 Å². The van der Waals surface area contributed by atoms with Gasteiger partial charge in [0.1, 0.15) is 11.5 Å². The first-order valence-corrected chi connectivity index (χ1v) is 8.27. The van der Waals surface area contributed by atoms with Gasteiger partial charge in [-0.3, -0.25) is 4.40 Å². The van der Waals surface area contributed by atoms with E-state index in [1.165, 1.54) is 12.1 Å². The number of nitrogens with one attached hydrogen (secondary N) is 1. The molecule has 0 atom stereocenters. The van der Waals surface area contributed by atoms with E-state index in [0.29, 0.717) is 28.9 Å². The Bertz CT molecular complexity index is 1080. The normalized spacial score (nSPS) is 11.0. The summed E-state index contributed by atoms with van der Waals surface area (Å²) < 4.78 is 29.7. The topological polar surface area (TPSA) is 42.2 Å². The molecule has 2 heterocycles. The summed E-state index contributed by atoms with van der Waals surface area (Å²) in [6, 6.07) is 13.1. The van der Waals surface area contributed by atoms with Crippen LogP contribution in [0, 0.1) is 11.6 Å². The van der Waals surface area contributed by atoms with Crippen molar-refractivity contribution >= 4 is 23.2 Å². The van der Waals surface area contributed by atoms with Gasteiger partial charge in [-0.1, -0.05) is 29.8 Å². The maximum Gasteiger partial charge on any atom is 0.235 e. The lowest BCUT2D eigenvalue weighted by atomic mass is 10.1. The zero-order valence-electron chi connectivity index (χ0n) is 13.5. The van der Waals surface area contributed by atoms with Gasteiger partial charge >= 0.3 is 0 Å². The van der Waals surface area contributed by atoms with Gasteiger partial charge in [0.05, 0.1) is 0 Å². The average molecular weight is 371 g/mol. The van der Waals surface area contributed by atoms with Crippen molar-refractivity contribution in [1.82, 2.24) is 14.4 Å². The Morgan fingerprint density at radius 2 is 1.85 bits per heavy atom. The second kappa shape index (κ2) is 6.72. The summed E-state index contributed by atoms with van der Waals surface area (Å²) in [6.07, 6.45) is 3.36. The second-order valence-corrected chi connectivity index (χ2v) is 6.12. The summed E-state index contributed by atoms with van der Waals surface area (Å²) in [6.45, 7) is 0.462. The zero-order chi connectivity index (χ0) is 18.1. The monoisotopic (exact) mass is 370 g/mol. The fourth-order valence-electron chi connectivity index (χ4n) is 2.72. The van der Waals surface area contributed by atoms with Gasteiger partial charge in [0.15, 0.2) is 11.6 Å². The Balaban J connectivity index is 1.79. The highest BCUT2D eigenvalue weighted by atomic mass is 35.5. The van der Waals surface area contributed by atoms with Gasteiger partial charge < -0.3 is 5.32 Å². The van der Waals surface area contributed by atoms with Crippen LogP contribution in [0.5, 0.6) is 0 Å². The van der Waals surface area contributed by atoms with Crippen LogP contribution in [-0.4, -0.2) is 14.4 Å². The molecule has 4 nitrogen and oxygen atoms in total. The van der Waals surface area contributed by atoms with Gasteiger partial charge in [-0.15, -0.1) is 0 Å². The van der Waals surface area contributed by atoms with Crippen molar-refractivity contribution in [1.29, 1.82) is 0 Å². The van der Waals surface area contributed by atoms with Gasteiger partial charge in [-0.2, -0.15) is 0 Å². The largest absolute Gasteiger partial charge is 0.365 e. The third kappa shape index (κ3) is 2.99. The van der Waals surface area contributed by atoms with E-state index in [4.69, 9.17) is 11.6 Å². The number of nitrogens with zero attached hydrogens (tertiary/aromatic N) is 3. The predicted octanol–water partition coefficient (Wildman–Crippen LogP) is 4.94. The van der Waals surface area contributed by atoms with E-state index in [1.54, 1.807) is 35.0 Å². The SMILES string of the molecule is Fc1cccc(-c2nc3ncccn3c2NCc2ccc(Cl)cc2)c1F. The highest BCUT2D eigenvalue weighted by Gasteiger charge is 2.19. The number of rotatable bonds is 4. The van der Waals surface area contributed by atoms with Gasteiger partial charge in [-0.25, -0.2) is 18.7 Å². The average Bonchev–Trinajstić information content (AvgIpc) is 3.02. The lowest BCUT2D eigenvalue weighted by Crippen LogP contribution is -2.04. The Kier molecular flexibility index (Phi) is 4.26. The Morgan fingerprint density at radius 1 is 1.04 bits per heavy atom. The van der Waals surface area contributed by atoms with E-state index in [1.807, 2.05) is 12.1 Å². The molecule has 2 aromatic carbocycles. The lowest BCUT2D eigenvalue weighted by molar-refractivity contribution is 0.511. The van der Waals surface area contributed by atoms with Crippen molar-refractivity contribution in [2.45, 2.75) is 6.54 Å². The lowest BCUT2D eigenvalue weighted by Gasteiger charge is -2.09. The molecule has 26 heavy (non-hydrogen) atoms. The molecule has 0 fully saturated rings. The minimum atomic E-state index is -0.939. The molecule has 0 amide bonds. The maximum absolute atomic E-state index is 14.3. The Morgan fingerprint density at radius 3 is 2.65 bits per heavy atom. The van der Waals surface area contributed by atoms with Crippen molar-refractivity contribution in [2.24, 2.45) is 0 Å². The molecule has 0 saturated heterocycles. The van der Waals surface area contributed by atoms with Gasteiger partial charge in [0, 0.05) is 29.5 Å². The van der Waals surface area contributed by atoms with E-state index in [-0.39, 0.29) is 5.56 Å². The molecule has 0 aliphatic rings. The summed E-state index contributed by atoms with van der Waals surface area (Å²) in [5.41, 5.74) is 1.36. The van der Waals surface area contributed by atoms with Crippen LogP contribution in [0.4, 0.5) is 14.6 Å². The molecular weight excluding hydrogens is 358 g/mol. The summed E-state index contributed by atoms with van der Waals surface area (Å²) >= 11 is 5.91. The van der Waals surface area contributed by atoms with Crippen LogP contribution in [-0.2, 0) is 6.54 Å². The molecule has 0 spiro atoms. The first-order chi connectivity index (χ1) is 12.6. The fraction of sp³-hybridized carbons (Fsp3) is 0.0526. The van der Waals surface area contributed by atoms with Gasteiger partial charge in [0.2, 0.25) is 5.78 Å². The first kappa shape index (κ1) is 16.5. The summed E-state index contributed by atoms with van der Waals surface area (Å²) in [7, 11) is 0. The van der Waals surface area contributed by atoms with Crippen molar-refractivity contribution in [2.75, 3.05) is 5.32 Å². The molecule has 0 aliphatic heterocycles. The van der Waals surface area contributed by atoms with E-state index in [2.05, 4.69) is 15.3 Å². The number of imidazole rings is 1. The predicted molar refractivity (Wildman–Crippen MR) is 97.1 cm³/mol. The number of aromatic nitrogens is 3. The van der Waals surface area contributed by atoms with E-state index < -0.39 is 11.6 Å². The molecule has 0 saturated carbocycles. The Labute approximate surface area is 153 Å². The molecule has 0 radical (unpaired) electrons. The molecule has 0 aliphatic carbocycles. The Hall–Kier alpha value is -2.99. The molecule has 0 unspecified atom stereocenters. The summed E-state index contributed by atoms with van der Waals surface area (Å²) in [5.74, 6) is -0.932. The zero-order valence-corrected chi connectivity index (χ0v) is 14.2. The van der Waals surface area contributed by atoms with E-state index in [0.717, 1.165) is 11.6 Å². The third-order valence-electron chi connectivity index (χ3n) is 3.98. The fourth-order valence-corrected chi connectivity index (χ4v) is 2.84. The molecular formula is C19H13ClF2N4. The number of hydrogen-bond acceptors (Lipinski definition) is 3. The molecule has 4 aromatic rings. The number of halogens is 3. The number of hydrogen-bond donors (Lipinski definition) is 1. The van der Waals surface area contributed by atoms with Crippen LogP contribution >= 0.6 is 11.6 Å². The van der Waals surface area contributed by atoms with Gasteiger partial charge in [-0.05, 0) is 35.9 Å². The van der Waals surface area contributed by atoms with Crippen molar-refractivity contribution in [3.05, 3.63) is 83.1 Å². The van der Waals surface area contributed by atoms with Crippen LogP contribution in [0.1, 0.15) is 5.56 Å². The minimum absolute atomic E-state index is 0.0779. The van der Waals surface area contributed by atoms with Gasteiger partial charge in [0.25, 0.3) is 0 Å². The minimum Gasteiger partial charge on any atom is -0.365 e. The first-order valence-electron chi connectivity index (χ1n) is 7.89. The van der Waals surface area contributed by atoms with Crippen molar-refractivity contribution in [3.8, 4) is 11.3 Å². The van der Waals surface area contributed by atoms with Crippen LogP contribution in [0.2, 0.25) is 5.02 Å². The van der Waals surface area contributed by atoms with E-state index in [9.17, 15) is 8.78 Å². The number of benzene rings is 2. The number of fused-ring (bicyclic) bond motifs is 1. The smallest absolute Gasteiger partial charge is 0.235 e. The summed E-state index contributed by atoms with van der Waals surface area (Å²) in [5, 5.41) is 3.89. The quantitative estimate of drug-likeness (QED) is 0.553. The molecule has 7 heteroatoms. The molecule has 1 N–H and O–H groups in total. The standard InChI is InChI=1S/C19H13ClF2N4/c20-13-7-5-12(6-8-13)11-24-18-17(14-3-1-4-15(21)16(14)22)25-19-23-9-2-10-26(18)19/h1-10,24H,11H2. The maximum atomic E-state index is 14.3. The molecule has 0 bridgehead atoms. The van der Waals surface area contributed by atoms with Crippen molar-refractivity contribution in [3.63, 3.8) is 0 Å². The second-order valence-electron chi connectivity index (χ2n) is 5.68. The van der Waals surface area contributed by atoms with Crippen LogP contribution in [0.25, 0.3) is 17.0 Å². The third-order valence-corrected chi connectivity index (χ3v) is 4.24. The van der Waals surface area contributed by atoms with Crippen LogP contribution in [0.3, 0.4) is 0 Å². The molecule has 4 rings (SSSR count). The molecule has 2 aromatic heterocycles. The highest BCUT2D eigenvalue weighted by molar-refractivity contribution is 6.30. The van der Waals surface area contributed by atoms with Crippen LogP contribution in [0.15, 0.2) is 60.9 Å². The summed E-state index contributed by atoms with van der Waals surface area (Å²) in [4.78, 5) is 8.56. The van der Waals surface area contributed by atoms with Crippen LogP contribution < -0.4 is 5.32 Å². The van der Waals surface area contributed by atoms with E-state index >= 15 is 0 Å². The molecule has 130 valence electrons. The number of anilines is 1. The highest BCUT2D eigenvalue weighted by Crippen LogP contribution is 2.31.